The number of aliphatic imine (C=N–C) groups is 1. The highest BCUT2D eigenvalue weighted by atomic mass is 32.2. The Bertz CT molecular complexity index is 1280. The number of nitrogens with zero attached hydrogens (tertiary/aromatic N) is 4. The van der Waals surface area contributed by atoms with E-state index < -0.39 is 34.5 Å². The van der Waals surface area contributed by atoms with Crippen LogP contribution >= 0.6 is 0 Å². The number of nitrogens with one attached hydrogen (secondary N) is 1. The van der Waals surface area contributed by atoms with Crippen LogP contribution in [0.1, 0.15) is 32.6 Å². The molecule has 0 aliphatic carbocycles. The molecule has 2 aromatic carbocycles. The van der Waals surface area contributed by atoms with E-state index in [4.69, 9.17) is 31.7 Å². The molecule has 0 aromatic heterocycles. The minimum Gasteiger partial charge on any atom is -0.493 e. The van der Waals surface area contributed by atoms with Gasteiger partial charge in [0.2, 0.25) is 15.9 Å². The van der Waals surface area contributed by atoms with E-state index in [1.54, 1.807) is 18.2 Å². The van der Waals surface area contributed by atoms with E-state index in [0.717, 1.165) is 16.7 Å². The van der Waals surface area contributed by atoms with E-state index in [-0.39, 0.29) is 30.4 Å². The van der Waals surface area contributed by atoms with Gasteiger partial charge in [0.1, 0.15) is 12.6 Å². The van der Waals surface area contributed by atoms with Crippen molar-refractivity contribution in [3.8, 4) is 11.5 Å². The molecule has 0 bridgehead atoms. The third-order valence-electron chi connectivity index (χ3n) is 5.58. The van der Waals surface area contributed by atoms with Crippen LogP contribution in [0.2, 0.25) is 0 Å². The van der Waals surface area contributed by atoms with E-state index in [0.29, 0.717) is 29.7 Å². The number of guanidine groups is 1. The summed E-state index contributed by atoms with van der Waals surface area (Å²) >= 11 is 0. The van der Waals surface area contributed by atoms with Gasteiger partial charge in [0.15, 0.2) is 17.5 Å². The predicted octanol–water partition coefficient (Wildman–Crippen LogP) is 1.30. The molecule has 1 amide bonds. The Balaban J connectivity index is 0.00000371. The first-order valence-electron chi connectivity index (χ1n) is 12.0. The summed E-state index contributed by atoms with van der Waals surface area (Å²) in [6, 6.07) is 6.68. The number of methoxy groups -OCH3 is 2. The van der Waals surface area contributed by atoms with Crippen molar-refractivity contribution in [1.82, 2.24) is 9.62 Å². The lowest BCUT2D eigenvalue weighted by Crippen LogP contribution is -2.50. The molecule has 0 saturated heterocycles. The summed E-state index contributed by atoms with van der Waals surface area (Å²) in [5, 5.41) is 22.6. The lowest BCUT2D eigenvalue weighted by atomic mass is 10.1. The number of carboxylic acids is 1. The molecule has 0 unspecified atom stereocenters. The van der Waals surface area contributed by atoms with Crippen molar-refractivity contribution < 1.29 is 32.6 Å². The maximum atomic E-state index is 13.3. The van der Waals surface area contributed by atoms with Crippen LogP contribution in [-0.2, 0) is 19.6 Å². The molecule has 0 fully saturated rings. The third-order valence-corrected chi connectivity index (χ3v) is 7.05. The Kier molecular flexibility index (Phi) is 13.4. The first kappa shape index (κ1) is 32.9. The molecule has 0 aliphatic heterocycles. The van der Waals surface area contributed by atoms with Crippen molar-refractivity contribution in [3.05, 3.63) is 30.3 Å². The SMILES string of the molecule is CCCCN(CC(=O)O)C(=O)[C@H](CCCN=C(N)N)NS(=O)(=O)c1ccc2cc(OC)c(OC)cc2c1.N#N. The van der Waals surface area contributed by atoms with Crippen molar-refractivity contribution in [2.45, 2.75) is 43.5 Å². The number of hydrogen-bond acceptors (Lipinski definition) is 9. The van der Waals surface area contributed by atoms with E-state index in [2.05, 4.69) is 9.71 Å². The van der Waals surface area contributed by atoms with Crippen LogP contribution in [0, 0.1) is 10.8 Å². The van der Waals surface area contributed by atoms with E-state index in [1.807, 2.05) is 6.92 Å². The van der Waals surface area contributed by atoms with E-state index in [1.165, 1.54) is 26.4 Å². The van der Waals surface area contributed by atoms with E-state index in [9.17, 15) is 23.1 Å². The van der Waals surface area contributed by atoms with Gasteiger partial charge in [0.05, 0.1) is 19.1 Å². The molecular formula is C24H35N7O7S. The summed E-state index contributed by atoms with van der Waals surface area (Å²) < 4.78 is 39.8. The van der Waals surface area contributed by atoms with Gasteiger partial charge in [-0.05, 0) is 54.3 Å². The van der Waals surface area contributed by atoms with Crippen LogP contribution in [0.25, 0.3) is 10.8 Å². The molecule has 1 atom stereocenters. The Labute approximate surface area is 227 Å². The highest BCUT2D eigenvalue weighted by molar-refractivity contribution is 7.89. The minimum absolute atomic E-state index is 0.0624. The van der Waals surface area contributed by atoms with E-state index >= 15 is 0 Å². The fraction of sp³-hybridized carbons (Fsp3) is 0.458. The molecule has 0 aliphatic rings. The smallest absolute Gasteiger partial charge is 0.323 e. The molecule has 14 nitrogen and oxygen atoms in total. The summed E-state index contributed by atoms with van der Waals surface area (Å²) in [6.07, 6.45) is 1.66. The number of sulfonamides is 1. The van der Waals surface area contributed by atoms with Crippen molar-refractivity contribution in [2.24, 2.45) is 16.5 Å². The number of carbonyl (C=O) groups is 2. The molecule has 0 spiro atoms. The number of carboxylic acid groups (broad SMARTS) is 1. The summed E-state index contributed by atoms with van der Waals surface area (Å²) in [7, 11) is -1.19. The standard InChI is InChI=1S/C24H35N5O7S.N2/c1-4-5-11-29(15-22(30)31)23(32)19(7-6-10-27-24(25)26)28-37(33,34)18-9-8-16-13-20(35-2)21(36-3)14-17(16)12-18;1-2/h8-9,12-14,19,28H,4-7,10-11,15H2,1-3H3,(H,30,31)(H4,25,26,27);/t19-;/m0./s1. The normalized spacial score (nSPS) is 11.5. The van der Waals surface area contributed by atoms with Crippen LogP contribution in [0.3, 0.4) is 0 Å². The van der Waals surface area contributed by atoms with Gasteiger partial charge in [-0.1, -0.05) is 19.4 Å². The lowest BCUT2D eigenvalue weighted by molar-refractivity contribution is -0.145. The number of hydrogen-bond donors (Lipinski definition) is 4. The number of aliphatic carboxylic acids is 1. The maximum absolute atomic E-state index is 13.3. The van der Waals surface area contributed by atoms with Crippen molar-refractivity contribution >= 4 is 38.6 Å². The first-order valence-corrected chi connectivity index (χ1v) is 13.4. The van der Waals surface area contributed by atoms with Gasteiger partial charge in [-0.2, -0.15) is 4.72 Å². The average molecular weight is 566 g/mol. The highest BCUT2D eigenvalue weighted by Gasteiger charge is 2.30. The second kappa shape index (κ2) is 15.9. The Hall–Kier alpha value is -4.16. The number of rotatable bonds is 15. The molecule has 2 rings (SSSR count). The van der Waals surface area contributed by atoms with Crippen LogP contribution in [0.4, 0.5) is 0 Å². The van der Waals surface area contributed by atoms with Crippen LogP contribution in [0.15, 0.2) is 40.2 Å². The Morgan fingerprint density at radius 3 is 2.23 bits per heavy atom. The number of carbonyl (C=O) groups excluding carboxylic acids is 1. The van der Waals surface area contributed by atoms with Crippen LogP contribution in [-0.4, -0.2) is 76.2 Å². The van der Waals surface area contributed by atoms with Crippen LogP contribution in [0.5, 0.6) is 11.5 Å². The van der Waals surface area contributed by atoms with Gasteiger partial charge in [0, 0.05) is 23.9 Å². The zero-order valence-electron chi connectivity index (χ0n) is 22.2. The molecular weight excluding hydrogens is 530 g/mol. The van der Waals surface area contributed by atoms with Gasteiger partial charge in [0.25, 0.3) is 0 Å². The lowest BCUT2D eigenvalue weighted by Gasteiger charge is -2.26. The van der Waals surface area contributed by atoms with Crippen molar-refractivity contribution in [1.29, 1.82) is 10.8 Å². The summed E-state index contributed by atoms with van der Waals surface area (Å²) in [5.74, 6) is -1.00. The zero-order chi connectivity index (χ0) is 29.6. The maximum Gasteiger partial charge on any atom is 0.323 e. The molecule has 39 heavy (non-hydrogen) atoms. The van der Waals surface area contributed by atoms with Crippen molar-refractivity contribution in [3.63, 3.8) is 0 Å². The fourth-order valence-electron chi connectivity index (χ4n) is 3.71. The first-order chi connectivity index (χ1) is 18.5. The summed E-state index contributed by atoms with van der Waals surface area (Å²) in [4.78, 5) is 29.6. The van der Waals surface area contributed by atoms with Crippen LogP contribution < -0.4 is 25.7 Å². The van der Waals surface area contributed by atoms with Gasteiger partial charge in [-0.3, -0.25) is 14.6 Å². The molecule has 214 valence electrons. The predicted molar refractivity (Wildman–Crippen MR) is 144 cm³/mol. The number of fused-ring (bicyclic) bond motifs is 1. The molecule has 15 heteroatoms. The summed E-state index contributed by atoms with van der Waals surface area (Å²) in [6.45, 7) is 1.73. The Morgan fingerprint density at radius 2 is 1.69 bits per heavy atom. The zero-order valence-corrected chi connectivity index (χ0v) is 23.0. The number of unbranched alkanes of at least 4 members (excludes halogenated alkanes) is 1. The molecule has 0 radical (unpaired) electrons. The fourth-order valence-corrected chi connectivity index (χ4v) is 4.97. The monoisotopic (exact) mass is 565 g/mol. The highest BCUT2D eigenvalue weighted by Crippen LogP contribution is 2.33. The van der Waals surface area contributed by atoms with Gasteiger partial charge in [-0.25, -0.2) is 8.42 Å². The second-order valence-corrected chi connectivity index (χ2v) is 10.1. The third kappa shape index (κ3) is 9.91. The summed E-state index contributed by atoms with van der Waals surface area (Å²) in [5.41, 5.74) is 10.7. The topological polar surface area (TPSA) is 234 Å². The average Bonchev–Trinajstić information content (AvgIpc) is 2.91. The minimum atomic E-state index is -4.17. The molecule has 2 aromatic rings. The molecule has 0 heterocycles. The largest absolute Gasteiger partial charge is 0.493 e. The molecule has 6 N–H and O–H groups in total. The second-order valence-electron chi connectivity index (χ2n) is 8.35. The molecule has 0 saturated carbocycles. The van der Waals surface area contributed by atoms with Gasteiger partial charge >= 0.3 is 5.97 Å². The number of ether oxygens (including phenoxy) is 2. The Morgan fingerprint density at radius 1 is 1.08 bits per heavy atom. The van der Waals surface area contributed by atoms with Gasteiger partial charge < -0.3 is 30.9 Å². The number of nitrogens with two attached hydrogens (primary N) is 2. The van der Waals surface area contributed by atoms with Gasteiger partial charge in [-0.15, -0.1) is 0 Å². The number of benzene rings is 2. The van der Waals surface area contributed by atoms with Crippen molar-refractivity contribution in [2.75, 3.05) is 33.9 Å². The quantitative estimate of drug-likeness (QED) is 0.104. The number of amides is 1.